The van der Waals surface area contributed by atoms with E-state index in [1.165, 1.54) is 13.0 Å². The normalized spacial score (nSPS) is 4.87. The average molecular weight is 211 g/mol. The highest BCUT2D eigenvalue weighted by molar-refractivity contribution is 5.78. The van der Waals surface area contributed by atoms with E-state index in [0.29, 0.717) is 6.29 Å². The minimum absolute atomic E-state index is 0.639. The molecule has 0 saturated carbocycles. The van der Waals surface area contributed by atoms with Gasteiger partial charge >= 0.3 is 5.97 Å². The minimum Gasteiger partial charge on any atom is -0.478 e. The summed E-state index contributed by atoms with van der Waals surface area (Å²) in [6.45, 7) is 12.8. The summed E-state index contributed by atoms with van der Waals surface area (Å²) in [5.41, 5.74) is 0. The fourth-order valence-electron chi connectivity index (χ4n) is 0. The van der Waals surface area contributed by atoms with Crippen molar-refractivity contribution in [3.63, 3.8) is 0 Å². The summed E-state index contributed by atoms with van der Waals surface area (Å²) in [4.78, 5) is 18.3. The number of aliphatic carboxylic acids is 1. The van der Waals surface area contributed by atoms with Gasteiger partial charge in [0.1, 0.15) is 6.29 Å². The highest BCUT2D eigenvalue weighted by Gasteiger charge is 1.73. The van der Waals surface area contributed by atoms with Gasteiger partial charge in [0.05, 0.1) is 6.07 Å². The molecule has 84 valence electrons. The molecule has 0 heterocycles. The third-order valence-electron chi connectivity index (χ3n) is 0.271. The highest BCUT2D eigenvalue weighted by atomic mass is 16.4. The Morgan fingerprint density at radius 3 is 1.53 bits per heavy atom. The highest BCUT2D eigenvalue weighted by Crippen LogP contribution is 1.54. The molecule has 4 nitrogen and oxygen atoms in total. The lowest BCUT2D eigenvalue weighted by Gasteiger charge is -1.64. The second kappa shape index (κ2) is 40.8. The van der Waals surface area contributed by atoms with Gasteiger partial charge in [0, 0.05) is 13.0 Å². The molecule has 0 amide bonds. The summed E-state index contributed by atoms with van der Waals surface area (Å²) in [7, 11) is 0. The van der Waals surface area contributed by atoms with Gasteiger partial charge in [-0.1, -0.05) is 19.2 Å². The van der Waals surface area contributed by atoms with E-state index in [-0.39, 0.29) is 0 Å². The van der Waals surface area contributed by atoms with Crippen LogP contribution < -0.4 is 0 Å². The van der Waals surface area contributed by atoms with E-state index >= 15 is 0 Å². The summed E-state index contributed by atoms with van der Waals surface area (Å²) >= 11 is 0. The number of carboxylic acids is 1. The Labute approximate surface area is 90.8 Å². The van der Waals surface area contributed by atoms with Gasteiger partial charge in [-0.3, -0.25) is 4.79 Å². The van der Waals surface area contributed by atoms with E-state index in [0.717, 1.165) is 6.08 Å². The third-order valence-corrected chi connectivity index (χ3v) is 0.271. The molecule has 0 bridgehead atoms. The molecule has 0 rings (SSSR count). The maximum absolute atomic E-state index is 9.25. The molecule has 0 aliphatic rings. The van der Waals surface area contributed by atoms with E-state index < -0.39 is 5.97 Å². The van der Waals surface area contributed by atoms with Crippen LogP contribution in [0.15, 0.2) is 38.0 Å². The maximum atomic E-state index is 9.25. The molecular weight excluding hydrogens is 194 g/mol. The number of carbonyl (C=O) groups is 2. The van der Waals surface area contributed by atoms with E-state index in [1.807, 2.05) is 6.92 Å². The van der Waals surface area contributed by atoms with E-state index in [4.69, 9.17) is 15.2 Å². The molecule has 0 unspecified atom stereocenters. The first-order valence-corrected chi connectivity index (χ1v) is 3.81. The molecule has 0 aliphatic heterocycles. The Balaban J connectivity index is -0.0000000553. The second-order valence-corrected chi connectivity index (χ2v) is 1.55. The zero-order valence-corrected chi connectivity index (χ0v) is 9.14. The van der Waals surface area contributed by atoms with Crippen LogP contribution in [0.4, 0.5) is 0 Å². The van der Waals surface area contributed by atoms with Crippen LogP contribution in [0, 0.1) is 11.3 Å². The molecule has 0 aromatic heterocycles. The van der Waals surface area contributed by atoms with Gasteiger partial charge in [0.25, 0.3) is 0 Å². The van der Waals surface area contributed by atoms with Crippen LogP contribution in [-0.4, -0.2) is 17.4 Å². The quantitative estimate of drug-likeness (QED) is 0.432. The predicted octanol–water partition coefficient (Wildman–Crippen LogP) is 2.35. The standard InChI is InChI=1S/C3H4O2.C3H4O.C3H6.C2H3N/c1-2-3(4)5;1-2-3-4;1-3-2;1-2-3/h2H,1H2,(H,4,5);2-3H,1H2;3H,1H2,2H3;1H3. The van der Waals surface area contributed by atoms with Gasteiger partial charge in [0.15, 0.2) is 0 Å². The number of allylic oxidation sites excluding steroid dienone is 2. The average Bonchev–Trinajstić information content (AvgIpc) is 2.20. The number of nitrogens with zero attached hydrogens (tertiary/aromatic N) is 1. The van der Waals surface area contributed by atoms with Crippen molar-refractivity contribution in [2.45, 2.75) is 13.8 Å². The molecule has 0 aromatic rings. The number of hydrogen-bond acceptors (Lipinski definition) is 3. The Morgan fingerprint density at radius 2 is 1.53 bits per heavy atom. The molecule has 0 saturated heterocycles. The van der Waals surface area contributed by atoms with Crippen LogP contribution in [0.25, 0.3) is 0 Å². The summed E-state index contributed by atoms with van der Waals surface area (Å²) in [6, 6.07) is 1.75. The van der Waals surface area contributed by atoms with Crippen molar-refractivity contribution < 1.29 is 14.7 Å². The SMILES string of the molecule is C=CC.C=CC(=O)O.C=CC=O.CC#N. The van der Waals surface area contributed by atoms with Gasteiger partial charge in [-0.05, 0) is 13.0 Å². The van der Waals surface area contributed by atoms with E-state index in [1.54, 1.807) is 12.1 Å². The Hall–Kier alpha value is -2.15. The predicted molar refractivity (Wildman–Crippen MR) is 61.3 cm³/mol. The molecule has 0 aliphatic carbocycles. The van der Waals surface area contributed by atoms with Crippen molar-refractivity contribution >= 4 is 12.3 Å². The zero-order valence-electron chi connectivity index (χ0n) is 9.14. The summed E-state index contributed by atoms with van der Waals surface area (Å²) in [6.07, 6.45) is 4.42. The molecule has 0 aromatic carbocycles. The maximum Gasteiger partial charge on any atom is 0.327 e. The first-order chi connectivity index (χ1) is 7.01. The first-order valence-electron chi connectivity index (χ1n) is 3.81. The Kier molecular flexibility index (Phi) is 62.6. The van der Waals surface area contributed by atoms with Gasteiger partial charge < -0.3 is 5.11 Å². The van der Waals surface area contributed by atoms with Crippen molar-refractivity contribution in [1.82, 2.24) is 0 Å². The lowest BCUT2D eigenvalue weighted by atomic mass is 10.7. The number of aldehydes is 1. The smallest absolute Gasteiger partial charge is 0.327 e. The number of nitriles is 1. The van der Waals surface area contributed by atoms with Crippen molar-refractivity contribution in [3.05, 3.63) is 38.0 Å². The van der Waals surface area contributed by atoms with Crippen LogP contribution in [0.1, 0.15) is 13.8 Å². The summed E-state index contributed by atoms with van der Waals surface area (Å²) < 4.78 is 0. The topological polar surface area (TPSA) is 78.2 Å². The monoisotopic (exact) mass is 211 g/mol. The van der Waals surface area contributed by atoms with Gasteiger partial charge in [-0.15, -0.1) is 6.58 Å². The van der Waals surface area contributed by atoms with Crippen LogP contribution in [0.2, 0.25) is 0 Å². The van der Waals surface area contributed by atoms with Crippen molar-refractivity contribution in [3.8, 4) is 6.07 Å². The summed E-state index contributed by atoms with van der Waals surface area (Å²) in [5, 5.41) is 14.9. The molecule has 0 fully saturated rings. The van der Waals surface area contributed by atoms with Gasteiger partial charge in [0.2, 0.25) is 0 Å². The van der Waals surface area contributed by atoms with Crippen LogP contribution >= 0.6 is 0 Å². The summed E-state index contributed by atoms with van der Waals surface area (Å²) in [5.74, 6) is -0.981. The van der Waals surface area contributed by atoms with Crippen molar-refractivity contribution in [1.29, 1.82) is 5.26 Å². The molecule has 1 N–H and O–H groups in total. The molecule has 0 radical (unpaired) electrons. The van der Waals surface area contributed by atoms with Crippen molar-refractivity contribution in [2.75, 3.05) is 0 Å². The molecule has 15 heavy (non-hydrogen) atoms. The Morgan fingerprint density at radius 1 is 1.40 bits per heavy atom. The van der Waals surface area contributed by atoms with Crippen LogP contribution in [-0.2, 0) is 9.59 Å². The number of carboxylic acid groups (broad SMARTS) is 1. The van der Waals surface area contributed by atoms with Gasteiger partial charge in [-0.25, -0.2) is 4.79 Å². The molecule has 0 atom stereocenters. The molecular formula is C11H17NO3. The lowest BCUT2D eigenvalue weighted by molar-refractivity contribution is -0.131. The second-order valence-electron chi connectivity index (χ2n) is 1.55. The minimum atomic E-state index is -0.981. The molecule has 4 heteroatoms. The fraction of sp³-hybridized carbons (Fsp3) is 0.182. The van der Waals surface area contributed by atoms with E-state index in [2.05, 4.69) is 19.7 Å². The van der Waals surface area contributed by atoms with Crippen molar-refractivity contribution in [2.24, 2.45) is 0 Å². The lowest BCUT2D eigenvalue weighted by Crippen LogP contribution is -1.82. The zero-order chi connectivity index (χ0) is 13.1. The number of hydrogen-bond donors (Lipinski definition) is 1. The fourth-order valence-corrected chi connectivity index (χ4v) is 0. The van der Waals surface area contributed by atoms with Crippen LogP contribution in [0.5, 0.6) is 0 Å². The van der Waals surface area contributed by atoms with Crippen LogP contribution in [0.3, 0.4) is 0 Å². The largest absolute Gasteiger partial charge is 0.478 e. The number of carbonyl (C=O) groups excluding carboxylic acids is 1. The first kappa shape index (κ1) is 23.0. The Bertz CT molecular complexity index is 208. The van der Waals surface area contributed by atoms with E-state index in [9.17, 15) is 4.79 Å². The number of rotatable bonds is 2. The third kappa shape index (κ3) is 1590. The van der Waals surface area contributed by atoms with Gasteiger partial charge in [-0.2, -0.15) is 5.26 Å². The molecule has 0 spiro atoms.